The van der Waals surface area contributed by atoms with Crippen LogP contribution < -0.4 is 11.1 Å². The molecule has 94 valence electrons. The first kappa shape index (κ1) is 14.9. The Hall–Kier alpha value is -1.10. The highest BCUT2D eigenvalue weighted by Gasteiger charge is 2.05. The van der Waals surface area contributed by atoms with E-state index in [0.29, 0.717) is 19.6 Å². The van der Waals surface area contributed by atoms with Crippen LogP contribution in [-0.2, 0) is 14.3 Å². The fourth-order valence-electron chi connectivity index (χ4n) is 1.25. The molecule has 0 saturated heterocycles. The predicted octanol–water partition coefficient (Wildman–Crippen LogP) is 0.575. The van der Waals surface area contributed by atoms with Crippen LogP contribution in [-0.4, -0.2) is 31.6 Å². The lowest BCUT2D eigenvalue weighted by atomic mass is 10.1. The zero-order valence-corrected chi connectivity index (χ0v) is 9.96. The number of carbonyl (C=O) groups excluding carboxylic acids is 2. The van der Waals surface area contributed by atoms with Gasteiger partial charge in [-0.05, 0) is 26.3 Å². The smallest absolute Gasteiger partial charge is 0.325 e. The summed E-state index contributed by atoms with van der Waals surface area (Å²) in [5.74, 6) is -0.486. The van der Waals surface area contributed by atoms with Gasteiger partial charge in [-0.1, -0.05) is 12.8 Å². The molecular weight excluding hydrogens is 208 g/mol. The van der Waals surface area contributed by atoms with Crippen molar-refractivity contribution in [3.05, 3.63) is 0 Å². The van der Waals surface area contributed by atoms with Gasteiger partial charge in [0.2, 0.25) is 5.91 Å². The van der Waals surface area contributed by atoms with Crippen LogP contribution in [0.25, 0.3) is 0 Å². The van der Waals surface area contributed by atoms with E-state index in [1.807, 2.05) is 0 Å². The number of hydrogen-bond acceptors (Lipinski definition) is 4. The molecule has 5 nitrogen and oxygen atoms in total. The van der Waals surface area contributed by atoms with Gasteiger partial charge in [-0.25, -0.2) is 0 Å². The van der Waals surface area contributed by atoms with Crippen LogP contribution in [0.3, 0.4) is 0 Å². The molecule has 0 radical (unpaired) electrons. The Morgan fingerprint density at radius 3 is 2.50 bits per heavy atom. The highest BCUT2D eigenvalue weighted by molar-refractivity contribution is 5.81. The van der Waals surface area contributed by atoms with Gasteiger partial charge in [-0.2, -0.15) is 0 Å². The Balaban J connectivity index is 3.34. The highest BCUT2D eigenvalue weighted by Crippen LogP contribution is 2.01. The molecule has 0 heterocycles. The summed E-state index contributed by atoms with van der Waals surface area (Å²) in [6.45, 7) is 2.75. The van der Waals surface area contributed by atoms with Gasteiger partial charge in [0.15, 0.2) is 0 Å². The number of carbonyl (C=O) groups is 2. The first-order valence-electron chi connectivity index (χ1n) is 5.83. The van der Waals surface area contributed by atoms with Crippen LogP contribution in [0.5, 0.6) is 0 Å². The maximum Gasteiger partial charge on any atom is 0.325 e. The van der Waals surface area contributed by atoms with Crippen molar-refractivity contribution >= 4 is 11.9 Å². The standard InChI is InChI=1S/C11H22N2O3/c1-2-16-11(15)9-13-10(14)7-5-3-4-6-8-12/h2-9,12H2,1H3,(H,13,14). The van der Waals surface area contributed by atoms with E-state index in [9.17, 15) is 9.59 Å². The van der Waals surface area contributed by atoms with E-state index in [2.05, 4.69) is 10.1 Å². The van der Waals surface area contributed by atoms with Crippen molar-refractivity contribution < 1.29 is 14.3 Å². The summed E-state index contributed by atoms with van der Waals surface area (Å²) in [6, 6.07) is 0. The number of unbranched alkanes of at least 4 members (excludes halogenated alkanes) is 3. The lowest BCUT2D eigenvalue weighted by Gasteiger charge is -2.04. The third-order valence-electron chi connectivity index (χ3n) is 2.09. The molecule has 16 heavy (non-hydrogen) atoms. The second-order valence-corrected chi connectivity index (χ2v) is 3.53. The Kier molecular flexibility index (Phi) is 9.70. The average Bonchev–Trinajstić information content (AvgIpc) is 2.26. The first-order valence-corrected chi connectivity index (χ1v) is 5.83. The molecule has 0 unspecified atom stereocenters. The third-order valence-corrected chi connectivity index (χ3v) is 2.09. The molecule has 0 spiro atoms. The highest BCUT2D eigenvalue weighted by atomic mass is 16.5. The molecule has 0 aromatic rings. The van der Waals surface area contributed by atoms with Crippen molar-refractivity contribution in [2.45, 2.75) is 39.0 Å². The van der Waals surface area contributed by atoms with Gasteiger partial charge in [-0.15, -0.1) is 0 Å². The topological polar surface area (TPSA) is 81.4 Å². The number of hydrogen-bond donors (Lipinski definition) is 2. The molecule has 0 aromatic heterocycles. The van der Waals surface area contributed by atoms with Gasteiger partial charge < -0.3 is 15.8 Å². The van der Waals surface area contributed by atoms with E-state index in [4.69, 9.17) is 5.73 Å². The van der Waals surface area contributed by atoms with Gasteiger partial charge in [0.05, 0.1) is 6.61 Å². The Morgan fingerprint density at radius 2 is 1.88 bits per heavy atom. The SMILES string of the molecule is CCOC(=O)CNC(=O)CCCCCCN. The Labute approximate surface area is 96.7 Å². The maximum atomic E-state index is 11.2. The quantitative estimate of drug-likeness (QED) is 0.448. The molecule has 0 bridgehead atoms. The largest absolute Gasteiger partial charge is 0.465 e. The zero-order valence-electron chi connectivity index (χ0n) is 9.96. The van der Waals surface area contributed by atoms with E-state index in [1.165, 1.54) is 0 Å². The van der Waals surface area contributed by atoms with Gasteiger partial charge in [-0.3, -0.25) is 9.59 Å². The van der Waals surface area contributed by atoms with Gasteiger partial charge >= 0.3 is 5.97 Å². The number of esters is 1. The predicted molar refractivity (Wildman–Crippen MR) is 61.8 cm³/mol. The average molecular weight is 230 g/mol. The van der Waals surface area contributed by atoms with Crippen LogP contribution in [0.4, 0.5) is 0 Å². The number of nitrogens with one attached hydrogen (secondary N) is 1. The van der Waals surface area contributed by atoms with E-state index in [-0.39, 0.29) is 18.4 Å². The number of amides is 1. The molecule has 0 fully saturated rings. The fourth-order valence-corrected chi connectivity index (χ4v) is 1.25. The van der Waals surface area contributed by atoms with Crippen LogP contribution in [0, 0.1) is 0 Å². The van der Waals surface area contributed by atoms with E-state index >= 15 is 0 Å². The van der Waals surface area contributed by atoms with Gasteiger partial charge in [0.1, 0.15) is 6.54 Å². The summed E-state index contributed by atoms with van der Waals surface area (Å²) in [6.07, 6.45) is 4.37. The molecular formula is C11H22N2O3. The molecule has 0 aliphatic carbocycles. The minimum Gasteiger partial charge on any atom is -0.465 e. The Morgan fingerprint density at radius 1 is 1.19 bits per heavy atom. The lowest BCUT2D eigenvalue weighted by Crippen LogP contribution is -2.30. The molecule has 0 aromatic carbocycles. The maximum absolute atomic E-state index is 11.2. The van der Waals surface area contributed by atoms with Gasteiger partial charge in [0, 0.05) is 6.42 Å². The first-order chi connectivity index (χ1) is 7.70. The molecule has 0 aliphatic heterocycles. The van der Waals surface area contributed by atoms with Crippen LogP contribution in [0.15, 0.2) is 0 Å². The van der Waals surface area contributed by atoms with E-state index in [0.717, 1.165) is 25.7 Å². The van der Waals surface area contributed by atoms with Crippen molar-refractivity contribution in [3.63, 3.8) is 0 Å². The lowest BCUT2D eigenvalue weighted by molar-refractivity contribution is -0.143. The summed E-state index contributed by atoms with van der Waals surface area (Å²) in [5.41, 5.74) is 5.35. The van der Waals surface area contributed by atoms with Crippen LogP contribution >= 0.6 is 0 Å². The monoisotopic (exact) mass is 230 g/mol. The van der Waals surface area contributed by atoms with Crippen LogP contribution in [0.2, 0.25) is 0 Å². The molecule has 0 aliphatic rings. The van der Waals surface area contributed by atoms with Crippen molar-refractivity contribution in [3.8, 4) is 0 Å². The normalized spacial score (nSPS) is 9.88. The summed E-state index contributed by atoms with van der Waals surface area (Å²) in [4.78, 5) is 22.2. The van der Waals surface area contributed by atoms with E-state index in [1.54, 1.807) is 6.92 Å². The van der Waals surface area contributed by atoms with Crippen molar-refractivity contribution in [1.29, 1.82) is 0 Å². The van der Waals surface area contributed by atoms with E-state index < -0.39 is 0 Å². The minimum absolute atomic E-state index is 0.0323. The number of nitrogens with two attached hydrogens (primary N) is 1. The minimum atomic E-state index is -0.390. The molecule has 3 N–H and O–H groups in total. The molecule has 1 amide bonds. The summed E-state index contributed by atoms with van der Waals surface area (Å²) in [5, 5.41) is 2.52. The van der Waals surface area contributed by atoms with Crippen LogP contribution in [0.1, 0.15) is 39.0 Å². The third kappa shape index (κ3) is 9.45. The summed E-state index contributed by atoms with van der Waals surface area (Å²) < 4.78 is 4.68. The second kappa shape index (κ2) is 10.4. The fraction of sp³-hybridized carbons (Fsp3) is 0.818. The molecule has 5 heteroatoms. The summed E-state index contributed by atoms with van der Waals surface area (Å²) in [7, 11) is 0. The van der Waals surface area contributed by atoms with Crippen molar-refractivity contribution in [2.24, 2.45) is 5.73 Å². The van der Waals surface area contributed by atoms with Crippen molar-refractivity contribution in [1.82, 2.24) is 5.32 Å². The molecule has 0 saturated carbocycles. The number of ether oxygens (including phenoxy) is 1. The summed E-state index contributed by atoms with van der Waals surface area (Å²) >= 11 is 0. The van der Waals surface area contributed by atoms with Crippen molar-refractivity contribution in [2.75, 3.05) is 19.7 Å². The Bertz CT molecular complexity index is 207. The van der Waals surface area contributed by atoms with Gasteiger partial charge in [0.25, 0.3) is 0 Å². The second-order valence-electron chi connectivity index (χ2n) is 3.53. The zero-order chi connectivity index (χ0) is 12.2. The molecule has 0 rings (SSSR count). The molecule has 0 atom stereocenters. The number of rotatable bonds is 9.